The van der Waals surface area contributed by atoms with E-state index in [1.54, 1.807) is 47.2 Å². The Morgan fingerprint density at radius 2 is 1.97 bits per heavy atom. The Balaban J connectivity index is 1.46. The monoisotopic (exact) mass is 422 g/mol. The quantitative estimate of drug-likeness (QED) is 0.669. The van der Waals surface area contributed by atoms with Crippen molar-refractivity contribution in [1.82, 2.24) is 19.8 Å². The molecule has 1 fully saturated rings. The number of nitrogens with zero attached hydrogens (tertiary/aromatic N) is 3. The highest BCUT2D eigenvalue weighted by Crippen LogP contribution is 2.30. The average Bonchev–Trinajstić information content (AvgIpc) is 3.23. The number of benzene rings is 2. The summed E-state index contributed by atoms with van der Waals surface area (Å²) in [5, 5.41) is 3.00. The summed E-state index contributed by atoms with van der Waals surface area (Å²) in [6, 6.07) is 13.7. The van der Waals surface area contributed by atoms with Gasteiger partial charge in [0.2, 0.25) is 0 Å². The van der Waals surface area contributed by atoms with Gasteiger partial charge in [-0.3, -0.25) is 0 Å². The van der Waals surface area contributed by atoms with Crippen LogP contribution in [0.15, 0.2) is 60.9 Å². The Kier molecular flexibility index (Phi) is 6.21. The molecule has 0 aliphatic carbocycles. The number of aromatic nitrogens is 2. The van der Waals surface area contributed by atoms with Gasteiger partial charge in [0.15, 0.2) is 0 Å². The highest BCUT2D eigenvalue weighted by molar-refractivity contribution is 5.75. The number of carbonyl (C=O) groups excluding carboxylic acids is 1. The Bertz CT molecular complexity index is 1040. The fourth-order valence-corrected chi connectivity index (χ4v) is 4.17. The predicted octanol–water partition coefficient (Wildman–Crippen LogP) is 4.25. The van der Waals surface area contributed by atoms with E-state index in [2.05, 4.69) is 22.4 Å². The Labute approximate surface area is 181 Å². The maximum absolute atomic E-state index is 14.5. The van der Waals surface area contributed by atoms with Gasteiger partial charge in [0.25, 0.3) is 0 Å². The summed E-state index contributed by atoms with van der Waals surface area (Å²) in [5.41, 5.74) is 1.63. The zero-order chi connectivity index (χ0) is 21.8. The van der Waals surface area contributed by atoms with Crippen LogP contribution < -0.4 is 10.1 Å². The lowest BCUT2D eigenvalue weighted by Crippen LogP contribution is -2.46. The highest BCUT2D eigenvalue weighted by atomic mass is 19.1. The molecule has 2 heterocycles. The SMILES string of the molecule is COc1cccc(C2CCN(C(=O)NC(c3ccccc3F)c3nccn3C)CC2)c1. The highest BCUT2D eigenvalue weighted by Gasteiger charge is 2.28. The molecule has 1 aromatic heterocycles. The number of nitrogens with one attached hydrogen (secondary N) is 1. The van der Waals surface area contributed by atoms with Gasteiger partial charge in [0.05, 0.1) is 7.11 Å². The van der Waals surface area contributed by atoms with E-state index < -0.39 is 6.04 Å². The Morgan fingerprint density at radius 3 is 2.65 bits per heavy atom. The maximum atomic E-state index is 14.5. The number of hydrogen-bond acceptors (Lipinski definition) is 3. The molecule has 0 saturated carbocycles. The molecule has 6 nitrogen and oxygen atoms in total. The summed E-state index contributed by atoms with van der Waals surface area (Å²) in [5.74, 6) is 1.45. The summed E-state index contributed by atoms with van der Waals surface area (Å²) >= 11 is 0. The minimum absolute atomic E-state index is 0.208. The summed E-state index contributed by atoms with van der Waals surface area (Å²) in [4.78, 5) is 19.2. The van der Waals surface area contributed by atoms with Crippen LogP contribution >= 0.6 is 0 Å². The van der Waals surface area contributed by atoms with Gasteiger partial charge >= 0.3 is 6.03 Å². The molecule has 3 aromatic rings. The number of imidazole rings is 1. The van der Waals surface area contributed by atoms with Gasteiger partial charge in [-0.25, -0.2) is 14.2 Å². The molecule has 0 bridgehead atoms. The number of carbonyl (C=O) groups is 1. The van der Waals surface area contributed by atoms with Crippen LogP contribution in [0.3, 0.4) is 0 Å². The summed E-state index contributed by atoms with van der Waals surface area (Å²) < 4.78 is 21.7. The smallest absolute Gasteiger partial charge is 0.318 e. The second kappa shape index (κ2) is 9.20. The number of aryl methyl sites for hydroxylation is 1. The van der Waals surface area contributed by atoms with E-state index in [1.165, 1.54) is 11.6 Å². The number of methoxy groups -OCH3 is 1. The number of amides is 2. The van der Waals surface area contributed by atoms with Crippen LogP contribution in [0.1, 0.15) is 41.8 Å². The van der Waals surface area contributed by atoms with E-state index in [0.717, 1.165) is 18.6 Å². The van der Waals surface area contributed by atoms with Gasteiger partial charge in [0.1, 0.15) is 23.4 Å². The first-order chi connectivity index (χ1) is 15.1. The van der Waals surface area contributed by atoms with E-state index in [1.807, 2.05) is 19.2 Å². The van der Waals surface area contributed by atoms with Crippen molar-refractivity contribution >= 4 is 6.03 Å². The molecule has 0 radical (unpaired) electrons. The zero-order valence-corrected chi connectivity index (χ0v) is 17.8. The number of likely N-dealkylation sites (tertiary alicyclic amines) is 1. The van der Waals surface area contributed by atoms with Crippen molar-refractivity contribution in [2.75, 3.05) is 20.2 Å². The third-order valence-corrected chi connectivity index (χ3v) is 5.95. The lowest BCUT2D eigenvalue weighted by Gasteiger charge is -2.33. The van der Waals surface area contributed by atoms with Gasteiger partial charge in [-0.05, 0) is 42.5 Å². The van der Waals surface area contributed by atoms with E-state index in [9.17, 15) is 9.18 Å². The van der Waals surface area contributed by atoms with E-state index >= 15 is 0 Å². The van der Waals surface area contributed by atoms with Crippen molar-refractivity contribution in [2.24, 2.45) is 7.05 Å². The molecule has 1 saturated heterocycles. The lowest BCUT2D eigenvalue weighted by molar-refractivity contribution is 0.178. The minimum Gasteiger partial charge on any atom is -0.497 e. The van der Waals surface area contributed by atoms with Crippen molar-refractivity contribution < 1.29 is 13.9 Å². The molecular formula is C24H27FN4O2. The number of piperidine rings is 1. The van der Waals surface area contributed by atoms with Crippen LogP contribution in [0.5, 0.6) is 5.75 Å². The average molecular weight is 423 g/mol. The van der Waals surface area contributed by atoms with Crippen LogP contribution in [-0.4, -0.2) is 40.7 Å². The molecule has 1 aliphatic heterocycles. The van der Waals surface area contributed by atoms with Gasteiger partial charge in [-0.2, -0.15) is 0 Å². The van der Waals surface area contributed by atoms with E-state index in [0.29, 0.717) is 30.4 Å². The summed E-state index contributed by atoms with van der Waals surface area (Å²) in [6.07, 6.45) is 5.17. The number of hydrogen-bond donors (Lipinski definition) is 1. The van der Waals surface area contributed by atoms with Crippen molar-refractivity contribution in [2.45, 2.75) is 24.8 Å². The fraction of sp³-hybridized carbons (Fsp3) is 0.333. The van der Waals surface area contributed by atoms with Gasteiger partial charge in [-0.1, -0.05) is 30.3 Å². The maximum Gasteiger partial charge on any atom is 0.318 e. The Hall–Kier alpha value is -3.35. The van der Waals surface area contributed by atoms with E-state index in [4.69, 9.17) is 4.74 Å². The molecule has 2 aromatic carbocycles. The number of ether oxygens (including phenoxy) is 1. The molecule has 1 unspecified atom stereocenters. The largest absolute Gasteiger partial charge is 0.497 e. The van der Waals surface area contributed by atoms with Gasteiger partial charge in [-0.15, -0.1) is 0 Å². The van der Waals surface area contributed by atoms with Crippen LogP contribution in [0.2, 0.25) is 0 Å². The first kappa shape index (κ1) is 20.9. The molecule has 162 valence electrons. The molecule has 1 atom stereocenters. The van der Waals surface area contributed by atoms with Gasteiger partial charge < -0.3 is 19.5 Å². The molecule has 2 amide bonds. The second-order valence-electron chi connectivity index (χ2n) is 7.84. The van der Waals surface area contributed by atoms with E-state index in [-0.39, 0.29) is 11.8 Å². The standard InChI is InChI=1S/C24H27FN4O2/c1-28-15-12-26-23(28)22(20-8-3-4-9-21(20)25)27-24(30)29-13-10-17(11-14-29)18-6-5-7-19(16-18)31-2/h3-9,12,15-17,22H,10-11,13-14H2,1-2H3,(H,27,30). The number of rotatable bonds is 5. The first-order valence-corrected chi connectivity index (χ1v) is 10.5. The number of halogens is 1. The first-order valence-electron chi connectivity index (χ1n) is 10.5. The van der Waals surface area contributed by atoms with Crippen molar-refractivity contribution in [3.63, 3.8) is 0 Å². The number of urea groups is 1. The summed E-state index contributed by atoms with van der Waals surface area (Å²) in [6.45, 7) is 1.27. The lowest BCUT2D eigenvalue weighted by atomic mass is 9.89. The molecule has 4 rings (SSSR count). The van der Waals surface area contributed by atoms with Crippen LogP contribution in [0, 0.1) is 5.82 Å². The third kappa shape index (κ3) is 4.55. The van der Waals surface area contributed by atoms with Crippen molar-refractivity contribution in [3.8, 4) is 5.75 Å². The second-order valence-corrected chi connectivity index (χ2v) is 7.84. The topological polar surface area (TPSA) is 59.4 Å². The van der Waals surface area contributed by atoms with Crippen molar-refractivity contribution in [1.29, 1.82) is 0 Å². The Morgan fingerprint density at radius 1 is 1.19 bits per heavy atom. The van der Waals surface area contributed by atoms with Crippen LogP contribution in [0.25, 0.3) is 0 Å². The third-order valence-electron chi connectivity index (χ3n) is 5.95. The molecule has 31 heavy (non-hydrogen) atoms. The predicted molar refractivity (Wildman–Crippen MR) is 117 cm³/mol. The normalized spacial score (nSPS) is 15.5. The zero-order valence-electron chi connectivity index (χ0n) is 17.8. The minimum atomic E-state index is -0.662. The molecular weight excluding hydrogens is 395 g/mol. The fourth-order valence-electron chi connectivity index (χ4n) is 4.17. The van der Waals surface area contributed by atoms with Crippen LogP contribution in [0.4, 0.5) is 9.18 Å². The molecule has 0 spiro atoms. The molecule has 1 N–H and O–H groups in total. The van der Waals surface area contributed by atoms with Crippen molar-refractivity contribution in [3.05, 3.63) is 83.7 Å². The molecule has 7 heteroatoms. The molecule has 1 aliphatic rings. The summed E-state index contributed by atoms with van der Waals surface area (Å²) in [7, 11) is 3.50. The van der Waals surface area contributed by atoms with Crippen LogP contribution in [-0.2, 0) is 7.05 Å². The van der Waals surface area contributed by atoms with Gasteiger partial charge in [0, 0.05) is 38.1 Å².